The normalized spacial score (nSPS) is 16.8. The zero-order chi connectivity index (χ0) is 24.3. The molecule has 33 heavy (non-hydrogen) atoms. The average molecular weight is 455 g/mol. The molecule has 2 aromatic rings. The predicted octanol–water partition coefficient (Wildman–Crippen LogP) is 5.03. The summed E-state index contributed by atoms with van der Waals surface area (Å²) in [5, 5.41) is 2.90. The molecule has 0 fully saturated rings. The van der Waals surface area contributed by atoms with Crippen LogP contribution in [0.25, 0.3) is 0 Å². The molecule has 3 rings (SSSR count). The van der Waals surface area contributed by atoms with Gasteiger partial charge in [-0.05, 0) is 67.6 Å². The van der Waals surface area contributed by atoms with E-state index in [2.05, 4.69) is 5.32 Å². The molecule has 2 amide bonds. The fourth-order valence-corrected chi connectivity index (χ4v) is 4.18. The van der Waals surface area contributed by atoms with Crippen molar-refractivity contribution >= 4 is 11.8 Å². The molecule has 6 heteroatoms. The van der Waals surface area contributed by atoms with Gasteiger partial charge in [0.15, 0.2) is 6.10 Å². The number of hydrogen-bond donors (Lipinski definition) is 1. The van der Waals surface area contributed by atoms with Gasteiger partial charge in [0.2, 0.25) is 5.91 Å². The van der Waals surface area contributed by atoms with Crippen LogP contribution < -0.4 is 10.1 Å². The standard InChI is InChI=1S/C27H35FN2O3/c1-7-23(25(31)29-17(2)3)33-21-13-10-18-14-15-30(26(32)27(4,5)6)24(22(18)16-21)19-8-11-20(28)12-9-19/h8-13,16-17,23-24H,7,14-15H2,1-6H3,(H,29,31). The molecular weight excluding hydrogens is 419 g/mol. The smallest absolute Gasteiger partial charge is 0.261 e. The van der Waals surface area contributed by atoms with E-state index in [1.165, 1.54) is 12.1 Å². The minimum Gasteiger partial charge on any atom is -0.481 e. The lowest BCUT2D eigenvalue weighted by Crippen LogP contribution is -2.45. The summed E-state index contributed by atoms with van der Waals surface area (Å²) >= 11 is 0. The SMILES string of the molecule is CCC(Oc1ccc2c(c1)C(c1ccc(F)cc1)N(C(=O)C(C)(C)C)CC2)C(=O)NC(C)C. The maximum absolute atomic E-state index is 13.7. The number of carbonyl (C=O) groups is 2. The molecular formula is C27H35FN2O3. The van der Waals surface area contributed by atoms with Gasteiger partial charge in [0, 0.05) is 18.0 Å². The number of carbonyl (C=O) groups excluding carboxylic acids is 2. The second kappa shape index (κ2) is 9.94. The summed E-state index contributed by atoms with van der Waals surface area (Å²) in [7, 11) is 0. The fourth-order valence-electron chi connectivity index (χ4n) is 4.18. The monoisotopic (exact) mass is 454 g/mol. The number of amides is 2. The number of fused-ring (bicyclic) bond motifs is 1. The van der Waals surface area contributed by atoms with Crippen molar-refractivity contribution < 1.29 is 18.7 Å². The Kier molecular flexibility index (Phi) is 7.45. The van der Waals surface area contributed by atoms with Crippen molar-refractivity contribution in [3.8, 4) is 5.75 Å². The van der Waals surface area contributed by atoms with Gasteiger partial charge in [-0.15, -0.1) is 0 Å². The highest BCUT2D eigenvalue weighted by Crippen LogP contribution is 2.39. The van der Waals surface area contributed by atoms with Gasteiger partial charge >= 0.3 is 0 Å². The van der Waals surface area contributed by atoms with Crippen LogP contribution in [0.5, 0.6) is 5.75 Å². The van der Waals surface area contributed by atoms with Gasteiger partial charge in [0.05, 0.1) is 6.04 Å². The van der Waals surface area contributed by atoms with Gasteiger partial charge in [-0.1, -0.05) is 45.9 Å². The Morgan fingerprint density at radius 2 is 1.82 bits per heavy atom. The Hall–Kier alpha value is -2.89. The van der Waals surface area contributed by atoms with Crippen LogP contribution in [-0.2, 0) is 16.0 Å². The zero-order valence-corrected chi connectivity index (χ0v) is 20.4. The second-order valence-electron chi connectivity index (χ2n) is 9.99. The van der Waals surface area contributed by atoms with Crippen molar-refractivity contribution in [2.75, 3.05) is 6.54 Å². The third-order valence-electron chi connectivity index (χ3n) is 5.81. The Balaban J connectivity index is 2.01. The van der Waals surface area contributed by atoms with Gasteiger partial charge in [0.1, 0.15) is 11.6 Å². The highest BCUT2D eigenvalue weighted by molar-refractivity contribution is 5.83. The van der Waals surface area contributed by atoms with E-state index in [-0.39, 0.29) is 29.7 Å². The van der Waals surface area contributed by atoms with Crippen LogP contribution in [-0.4, -0.2) is 35.4 Å². The van der Waals surface area contributed by atoms with E-state index in [1.807, 2.05) is 64.6 Å². The molecule has 0 spiro atoms. The first-order chi connectivity index (χ1) is 15.5. The first kappa shape index (κ1) is 24.7. The van der Waals surface area contributed by atoms with E-state index in [1.54, 1.807) is 12.1 Å². The molecule has 2 unspecified atom stereocenters. The third-order valence-corrected chi connectivity index (χ3v) is 5.81. The number of benzene rings is 2. The lowest BCUT2D eigenvalue weighted by molar-refractivity contribution is -0.141. The van der Waals surface area contributed by atoms with Gasteiger partial charge in [-0.2, -0.15) is 0 Å². The number of nitrogens with zero attached hydrogens (tertiary/aromatic N) is 1. The van der Waals surface area contributed by atoms with Crippen molar-refractivity contribution in [1.29, 1.82) is 0 Å². The molecule has 1 aliphatic rings. The van der Waals surface area contributed by atoms with Gasteiger partial charge in [-0.25, -0.2) is 4.39 Å². The molecule has 2 aromatic carbocycles. The van der Waals surface area contributed by atoms with Crippen molar-refractivity contribution in [2.45, 2.75) is 72.6 Å². The summed E-state index contributed by atoms with van der Waals surface area (Å²) in [6.07, 6.45) is 0.650. The first-order valence-corrected chi connectivity index (χ1v) is 11.7. The van der Waals surface area contributed by atoms with Crippen LogP contribution in [0.3, 0.4) is 0 Å². The average Bonchev–Trinajstić information content (AvgIpc) is 2.75. The van der Waals surface area contributed by atoms with E-state index >= 15 is 0 Å². The Morgan fingerprint density at radius 3 is 2.39 bits per heavy atom. The molecule has 0 saturated heterocycles. The van der Waals surface area contributed by atoms with Crippen LogP contribution in [0.2, 0.25) is 0 Å². The number of ether oxygens (including phenoxy) is 1. The maximum atomic E-state index is 13.7. The summed E-state index contributed by atoms with van der Waals surface area (Å²) in [6.45, 7) is 12.0. The zero-order valence-electron chi connectivity index (χ0n) is 20.4. The van der Waals surface area contributed by atoms with Crippen LogP contribution in [0, 0.1) is 11.2 Å². The second-order valence-corrected chi connectivity index (χ2v) is 9.99. The van der Waals surface area contributed by atoms with Crippen molar-refractivity contribution in [3.63, 3.8) is 0 Å². The quantitative estimate of drug-likeness (QED) is 0.666. The van der Waals surface area contributed by atoms with E-state index in [9.17, 15) is 14.0 Å². The molecule has 2 atom stereocenters. The van der Waals surface area contributed by atoms with Gasteiger partial charge in [-0.3, -0.25) is 9.59 Å². The van der Waals surface area contributed by atoms with E-state index in [0.717, 1.165) is 23.1 Å². The highest BCUT2D eigenvalue weighted by atomic mass is 19.1. The van der Waals surface area contributed by atoms with Crippen LogP contribution in [0.4, 0.5) is 4.39 Å². The fraction of sp³-hybridized carbons (Fsp3) is 0.481. The molecule has 178 valence electrons. The number of rotatable bonds is 6. The number of halogens is 1. The van der Waals surface area contributed by atoms with E-state index in [0.29, 0.717) is 18.7 Å². The maximum Gasteiger partial charge on any atom is 0.261 e. The van der Waals surface area contributed by atoms with Crippen LogP contribution in [0.15, 0.2) is 42.5 Å². The predicted molar refractivity (Wildman–Crippen MR) is 128 cm³/mol. The van der Waals surface area contributed by atoms with Crippen molar-refractivity contribution in [3.05, 3.63) is 65.0 Å². The van der Waals surface area contributed by atoms with E-state index in [4.69, 9.17) is 4.74 Å². The lowest BCUT2D eigenvalue weighted by atomic mass is 9.85. The minimum atomic E-state index is -0.606. The summed E-state index contributed by atoms with van der Waals surface area (Å²) < 4.78 is 19.8. The van der Waals surface area contributed by atoms with Gasteiger partial charge in [0.25, 0.3) is 5.91 Å². The molecule has 0 aliphatic carbocycles. The third kappa shape index (κ3) is 5.73. The molecule has 0 bridgehead atoms. The Bertz CT molecular complexity index is 995. The first-order valence-electron chi connectivity index (χ1n) is 11.7. The molecule has 0 saturated carbocycles. The van der Waals surface area contributed by atoms with E-state index < -0.39 is 11.5 Å². The topological polar surface area (TPSA) is 58.6 Å². The number of hydrogen-bond acceptors (Lipinski definition) is 3. The summed E-state index contributed by atoms with van der Waals surface area (Å²) in [6, 6.07) is 11.8. The summed E-state index contributed by atoms with van der Waals surface area (Å²) in [5.41, 5.74) is 2.36. The van der Waals surface area contributed by atoms with Crippen molar-refractivity contribution in [1.82, 2.24) is 10.2 Å². The van der Waals surface area contributed by atoms with Gasteiger partial charge < -0.3 is 15.0 Å². The molecule has 5 nitrogen and oxygen atoms in total. The summed E-state index contributed by atoms with van der Waals surface area (Å²) in [4.78, 5) is 27.7. The summed E-state index contributed by atoms with van der Waals surface area (Å²) in [5.74, 6) is 0.153. The minimum absolute atomic E-state index is 0.0264. The van der Waals surface area contributed by atoms with Crippen LogP contribution in [0.1, 0.15) is 70.7 Å². The Morgan fingerprint density at radius 1 is 1.15 bits per heavy atom. The molecule has 0 aromatic heterocycles. The van der Waals surface area contributed by atoms with Crippen LogP contribution >= 0.6 is 0 Å². The lowest BCUT2D eigenvalue weighted by Gasteiger charge is -2.41. The molecule has 1 heterocycles. The Labute approximate surface area is 196 Å². The largest absolute Gasteiger partial charge is 0.481 e. The highest BCUT2D eigenvalue weighted by Gasteiger charge is 2.37. The molecule has 1 aliphatic heterocycles. The van der Waals surface area contributed by atoms with Crippen molar-refractivity contribution in [2.24, 2.45) is 5.41 Å². The molecule has 1 N–H and O–H groups in total. The number of nitrogens with one attached hydrogen (secondary N) is 1. The molecule has 0 radical (unpaired) electrons.